The second kappa shape index (κ2) is 6.38. The molecule has 0 spiro atoms. The highest BCUT2D eigenvalue weighted by Crippen LogP contribution is 2.61. The normalized spacial score (nSPS) is 25.1. The van der Waals surface area contributed by atoms with Crippen LogP contribution in [0.1, 0.15) is 44.4 Å². The lowest BCUT2D eigenvalue weighted by molar-refractivity contribution is -0.122. The summed E-state index contributed by atoms with van der Waals surface area (Å²) in [6.07, 6.45) is 0. The number of rotatable bonds is 2. The van der Waals surface area contributed by atoms with E-state index in [2.05, 4.69) is 24.3 Å². The molecule has 5 heteroatoms. The Morgan fingerprint density at radius 2 is 1.13 bits per heavy atom. The van der Waals surface area contributed by atoms with Crippen LogP contribution in [0.25, 0.3) is 0 Å². The van der Waals surface area contributed by atoms with Gasteiger partial charge >= 0.3 is 5.97 Å². The maximum Gasteiger partial charge on any atom is 0.339 e. The van der Waals surface area contributed by atoms with Crippen LogP contribution in [0, 0.1) is 11.8 Å². The molecule has 3 aliphatic carbocycles. The molecule has 1 fully saturated rings. The maximum absolute atomic E-state index is 13.8. The molecule has 1 saturated heterocycles. The van der Waals surface area contributed by atoms with Crippen molar-refractivity contribution in [2.24, 2.45) is 11.8 Å². The highest BCUT2D eigenvalue weighted by Gasteiger charge is 2.62. The largest absolute Gasteiger partial charge is 0.465 e. The Hall–Kier alpha value is -3.73. The Kier molecular flexibility index (Phi) is 3.72. The number of anilines is 1. The van der Waals surface area contributed by atoms with E-state index in [1.165, 1.54) is 12.0 Å². The van der Waals surface area contributed by atoms with Gasteiger partial charge in [0.25, 0.3) is 0 Å². The molecule has 0 unspecified atom stereocenters. The van der Waals surface area contributed by atoms with Crippen molar-refractivity contribution in [1.29, 1.82) is 0 Å². The molecule has 152 valence electrons. The first kappa shape index (κ1) is 18.1. The van der Waals surface area contributed by atoms with Crippen molar-refractivity contribution in [3.63, 3.8) is 0 Å². The molecule has 2 bridgehead atoms. The average molecular weight is 409 g/mol. The number of benzene rings is 3. The number of carbonyl (C=O) groups excluding carboxylic acids is 3. The number of ether oxygens (including phenoxy) is 1. The van der Waals surface area contributed by atoms with E-state index in [9.17, 15) is 14.4 Å². The van der Waals surface area contributed by atoms with Crippen LogP contribution in [-0.2, 0) is 14.3 Å². The summed E-state index contributed by atoms with van der Waals surface area (Å²) in [4.78, 5) is 41.1. The van der Waals surface area contributed by atoms with Crippen molar-refractivity contribution in [1.82, 2.24) is 0 Å². The second-order valence-corrected chi connectivity index (χ2v) is 8.29. The fraction of sp³-hybridized carbons (Fsp3) is 0.192. The molecule has 3 aromatic carbocycles. The third-order valence-electron chi connectivity index (χ3n) is 7.00. The zero-order valence-corrected chi connectivity index (χ0v) is 16.8. The topological polar surface area (TPSA) is 63.7 Å². The van der Waals surface area contributed by atoms with Gasteiger partial charge in [-0.1, -0.05) is 60.7 Å². The number of imide groups is 1. The Bertz CT molecular complexity index is 1160. The van der Waals surface area contributed by atoms with Gasteiger partial charge in [0.1, 0.15) is 0 Å². The minimum absolute atomic E-state index is 0.172. The fourth-order valence-electron chi connectivity index (χ4n) is 5.87. The van der Waals surface area contributed by atoms with Crippen LogP contribution in [-0.4, -0.2) is 24.9 Å². The number of hydrogen-bond acceptors (Lipinski definition) is 4. The van der Waals surface area contributed by atoms with E-state index < -0.39 is 17.8 Å². The zero-order chi connectivity index (χ0) is 21.3. The SMILES string of the molecule is COC(=O)c1ccccc1N1C(=O)[C@@H]2C3c4ccccc4C(c4ccccc43)[C@H]2C1=O. The number of amides is 2. The van der Waals surface area contributed by atoms with Gasteiger partial charge < -0.3 is 4.74 Å². The van der Waals surface area contributed by atoms with Gasteiger partial charge in [-0.15, -0.1) is 0 Å². The van der Waals surface area contributed by atoms with Crippen molar-refractivity contribution in [2.75, 3.05) is 12.0 Å². The highest BCUT2D eigenvalue weighted by atomic mass is 16.5. The summed E-state index contributed by atoms with van der Waals surface area (Å²) >= 11 is 0. The van der Waals surface area contributed by atoms with Crippen LogP contribution in [0.4, 0.5) is 5.69 Å². The van der Waals surface area contributed by atoms with Gasteiger partial charge in [-0.3, -0.25) is 9.59 Å². The first-order chi connectivity index (χ1) is 15.1. The fourth-order valence-corrected chi connectivity index (χ4v) is 5.87. The first-order valence-corrected chi connectivity index (χ1v) is 10.4. The minimum Gasteiger partial charge on any atom is -0.465 e. The van der Waals surface area contributed by atoms with Gasteiger partial charge in [-0.2, -0.15) is 0 Å². The van der Waals surface area contributed by atoms with E-state index in [1.54, 1.807) is 24.3 Å². The second-order valence-electron chi connectivity index (χ2n) is 8.29. The molecule has 1 aliphatic heterocycles. The summed E-state index contributed by atoms with van der Waals surface area (Å²) in [5.41, 5.74) is 5.00. The average Bonchev–Trinajstić information content (AvgIpc) is 3.09. The van der Waals surface area contributed by atoms with Crippen molar-refractivity contribution >= 4 is 23.5 Å². The van der Waals surface area contributed by atoms with Crippen molar-refractivity contribution in [3.8, 4) is 0 Å². The lowest BCUT2D eigenvalue weighted by Gasteiger charge is -2.45. The van der Waals surface area contributed by atoms with Gasteiger partial charge in [-0.05, 0) is 34.4 Å². The van der Waals surface area contributed by atoms with Crippen LogP contribution >= 0.6 is 0 Å². The number of hydrogen-bond donors (Lipinski definition) is 0. The summed E-state index contributed by atoms with van der Waals surface area (Å²) < 4.78 is 4.89. The van der Waals surface area contributed by atoms with Crippen LogP contribution in [0.5, 0.6) is 0 Å². The predicted octanol–water partition coefficient (Wildman–Crippen LogP) is 3.87. The number of esters is 1. The third-order valence-corrected chi connectivity index (χ3v) is 7.00. The Labute approximate surface area is 179 Å². The number of carbonyl (C=O) groups is 3. The summed E-state index contributed by atoms with van der Waals surface area (Å²) in [7, 11) is 1.29. The molecule has 7 rings (SSSR count). The molecular formula is C26H19NO4. The van der Waals surface area contributed by atoms with E-state index in [0.717, 1.165) is 22.3 Å². The van der Waals surface area contributed by atoms with Crippen molar-refractivity contribution in [2.45, 2.75) is 11.8 Å². The smallest absolute Gasteiger partial charge is 0.339 e. The summed E-state index contributed by atoms with van der Waals surface area (Å²) in [6.45, 7) is 0. The quantitative estimate of drug-likeness (QED) is 0.476. The lowest BCUT2D eigenvalue weighted by Crippen LogP contribution is -2.41. The number of nitrogens with zero attached hydrogens (tertiary/aromatic N) is 1. The molecule has 2 atom stereocenters. The number of para-hydroxylation sites is 1. The Balaban J connectivity index is 1.55. The van der Waals surface area contributed by atoms with Gasteiger partial charge in [-0.25, -0.2) is 9.69 Å². The van der Waals surface area contributed by atoms with Gasteiger partial charge in [0.05, 0.1) is 30.2 Å². The van der Waals surface area contributed by atoms with E-state index in [0.29, 0.717) is 5.69 Å². The van der Waals surface area contributed by atoms with Crippen molar-refractivity contribution in [3.05, 3.63) is 101 Å². The Morgan fingerprint density at radius 1 is 0.710 bits per heavy atom. The van der Waals surface area contributed by atoms with Crippen LogP contribution in [0.2, 0.25) is 0 Å². The van der Waals surface area contributed by atoms with Crippen LogP contribution in [0.3, 0.4) is 0 Å². The van der Waals surface area contributed by atoms with Crippen LogP contribution < -0.4 is 4.90 Å². The van der Waals surface area contributed by atoms with Crippen LogP contribution in [0.15, 0.2) is 72.8 Å². The lowest BCUT2D eigenvalue weighted by atomic mass is 9.55. The molecule has 0 aromatic heterocycles. The predicted molar refractivity (Wildman–Crippen MR) is 114 cm³/mol. The van der Waals surface area contributed by atoms with E-state index in [1.807, 2.05) is 24.3 Å². The summed E-state index contributed by atoms with van der Waals surface area (Å²) in [6, 6.07) is 22.9. The molecule has 0 radical (unpaired) electrons. The maximum atomic E-state index is 13.8. The zero-order valence-electron chi connectivity index (χ0n) is 16.8. The summed E-state index contributed by atoms with van der Waals surface area (Å²) in [5.74, 6) is -2.36. The molecule has 2 amide bonds. The third kappa shape index (κ3) is 2.23. The number of methoxy groups -OCH3 is 1. The molecular weight excluding hydrogens is 390 g/mol. The van der Waals surface area contributed by atoms with Crippen molar-refractivity contribution < 1.29 is 19.1 Å². The summed E-state index contributed by atoms with van der Waals surface area (Å²) in [5, 5.41) is 0. The molecule has 5 nitrogen and oxygen atoms in total. The van der Waals surface area contributed by atoms with Gasteiger partial charge in [0.15, 0.2) is 0 Å². The molecule has 4 aliphatic rings. The molecule has 0 N–H and O–H groups in total. The first-order valence-electron chi connectivity index (χ1n) is 10.4. The van der Waals surface area contributed by atoms with E-state index in [4.69, 9.17) is 4.74 Å². The molecule has 1 heterocycles. The monoisotopic (exact) mass is 409 g/mol. The standard InChI is InChI=1S/C26H19NO4/c1-31-26(30)18-12-6-7-13-19(18)27-24(28)22-20-14-8-2-3-9-15(14)21(23(22)25(27)29)17-11-5-4-10-16(17)20/h2-13,20-23H,1H3/t20?,21?,22-,23-/m1/s1. The minimum atomic E-state index is -0.569. The van der Waals surface area contributed by atoms with E-state index in [-0.39, 0.29) is 29.2 Å². The molecule has 0 saturated carbocycles. The molecule has 31 heavy (non-hydrogen) atoms. The molecule has 3 aromatic rings. The van der Waals surface area contributed by atoms with Gasteiger partial charge in [0.2, 0.25) is 11.8 Å². The van der Waals surface area contributed by atoms with E-state index >= 15 is 0 Å². The van der Waals surface area contributed by atoms with Gasteiger partial charge in [0, 0.05) is 11.8 Å². The Morgan fingerprint density at radius 3 is 1.58 bits per heavy atom. The highest BCUT2D eigenvalue weighted by molar-refractivity contribution is 6.25.